The summed E-state index contributed by atoms with van der Waals surface area (Å²) >= 11 is 1.22. The molecule has 2 aliphatic heterocycles. The highest BCUT2D eigenvalue weighted by Gasteiger charge is 2.33. The zero-order valence-electron chi connectivity index (χ0n) is 13.7. The highest BCUT2D eigenvalue weighted by atomic mass is 32.2. The zero-order chi connectivity index (χ0) is 18.3. The van der Waals surface area contributed by atoms with Crippen LogP contribution in [0.1, 0.15) is 29.0 Å². The highest BCUT2D eigenvalue weighted by Crippen LogP contribution is 2.42. The third-order valence-electron chi connectivity index (χ3n) is 3.86. The number of aromatic nitrogens is 2. The van der Waals surface area contributed by atoms with E-state index in [1.165, 1.54) is 11.8 Å². The van der Waals surface area contributed by atoms with Crippen LogP contribution in [0.15, 0.2) is 32.0 Å². The molecule has 2 aliphatic rings. The van der Waals surface area contributed by atoms with Crippen LogP contribution >= 0.6 is 11.8 Å². The molecule has 4 rings (SSSR count). The Labute approximate surface area is 153 Å². The third kappa shape index (κ3) is 3.19. The number of nitrogens with zero attached hydrogens (tertiary/aromatic N) is 4. The second kappa shape index (κ2) is 6.40. The third-order valence-corrected chi connectivity index (χ3v) is 6.17. The summed E-state index contributed by atoms with van der Waals surface area (Å²) in [6.07, 6.45) is 0.635. The number of hydrogen-bond donors (Lipinski definition) is 0. The fourth-order valence-electron chi connectivity index (χ4n) is 2.56. The Balaban J connectivity index is 1.49. The largest absolute Gasteiger partial charge is 0.452 e. The zero-order valence-corrected chi connectivity index (χ0v) is 15.3. The summed E-state index contributed by atoms with van der Waals surface area (Å²) < 4.78 is 37.2. The number of hydrogen-bond acceptors (Lipinski definition) is 9. The molecule has 9 nitrogen and oxygen atoms in total. The van der Waals surface area contributed by atoms with Crippen LogP contribution in [0.25, 0.3) is 0 Å². The predicted octanol–water partition coefficient (Wildman–Crippen LogP) is 1.60. The van der Waals surface area contributed by atoms with Crippen molar-refractivity contribution in [2.45, 2.75) is 24.8 Å². The number of benzene rings is 1. The van der Waals surface area contributed by atoms with Gasteiger partial charge in [0.2, 0.25) is 0 Å². The Morgan fingerprint density at radius 2 is 2.27 bits per heavy atom. The van der Waals surface area contributed by atoms with E-state index < -0.39 is 16.0 Å². The minimum atomic E-state index is -3.41. The van der Waals surface area contributed by atoms with Crippen molar-refractivity contribution in [3.8, 4) is 0 Å². The second-order valence-corrected chi connectivity index (χ2v) is 8.39. The molecular weight excluding hydrogens is 380 g/mol. The van der Waals surface area contributed by atoms with Crippen molar-refractivity contribution in [1.29, 1.82) is 0 Å². The van der Waals surface area contributed by atoms with E-state index in [1.54, 1.807) is 18.2 Å². The van der Waals surface area contributed by atoms with Gasteiger partial charge in [-0.1, -0.05) is 12.1 Å². The number of rotatable bonds is 4. The van der Waals surface area contributed by atoms with Crippen LogP contribution in [0.4, 0.5) is 5.69 Å². The summed E-state index contributed by atoms with van der Waals surface area (Å²) in [5.74, 6) is 0.244. The summed E-state index contributed by atoms with van der Waals surface area (Å²) in [6.45, 7) is 2.14. The Kier molecular flexibility index (Phi) is 4.19. The maximum atomic E-state index is 12.3. The maximum Gasteiger partial charge on any atom is 0.338 e. The lowest BCUT2D eigenvalue weighted by molar-refractivity contribution is 0.0429. The predicted molar refractivity (Wildman–Crippen MR) is 93.7 cm³/mol. The quantitative estimate of drug-likeness (QED) is 0.713. The van der Waals surface area contributed by atoms with Crippen molar-refractivity contribution < 1.29 is 22.5 Å². The van der Waals surface area contributed by atoms with Crippen molar-refractivity contribution in [3.05, 3.63) is 35.5 Å². The number of carbonyl (C=O) groups is 1. The van der Waals surface area contributed by atoms with E-state index >= 15 is 0 Å². The van der Waals surface area contributed by atoms with Gasteiger partial charge < -0.3 is 14.2 Å². The molecule has 136 valence electrons. The lowest BCUT2D eigenvalue weighted by Gasteiger charge is -2.22. The van der Waals surface area contributed by atoms with E-state index in [4.69, 9.17) is 9.26 Å². The van der Waals surface area contributed by atoms with Crippen LogP contribution in [0.2, 0.25) is 0 Å². The smallest absolute Gasteiger partial charge is 0.338 e. The lowest BCUT2D eigenvalue weighted by atomic mass is 10.2. The van der Waals surface area contributed by atoms with Crippen molar-refractivity contribution in [3.63, 3.8) is 0 Å². The van der Waals surface area contributed by atoms with E-state index in [1.807, 2.05) is 11.8 Å². The fourth-order valence-corrected chi connectivity index (χ4v) is 4.86. The second-order valence-electron chi connectivity index (χ2n) is 5.63. The van der Waals surface area contributed by atoms with Gasteiger partial charge in [-0.3, -0.25) is 0 Å². The molecule has 26 heavy (non-hydrogen) atoms. The Morgan fingerprint density at radius 3 is 3.04 bits per heavy atom. The average Bonchev–Trinajstić information content (AvgIpc) is 3.21. The summed E-state index contributed by atoms with van der Waals surface area (Å²) in [5.41, 5.74) is 1.19. The van der Waals surface area contributed by atoms with Gasteiger partial charge >= 0.3 is 5.97 Å². The van der Waals surface area contributed by atoms with Crippen LogP contribution in [-0.2, 0) is 27.8 Å². The van der Waals surface area contributed by atoms with Gasteiger partial charge in [-0.15, -0.1) is 4.40 Å². The number of thioether (sulfide) groups is 1. The van der Waals surface area contributed by atoms with Crippen LogP contribution < -0.4 is 4.90 Å². The van der Waals surface area contributed by atoms with Crippen LogP contribution in [0.3, 0.4) is 0 Å². The molecular formula is C15H14N4O5S2. The SMILES string of the molecule is CCc1noc(COC(=O)c2ccc3c(c2)SC2=NS(=O)(=O)CCN23)n1. The van der Waals surface area contributed by atoms with E-state index in [-0.39, 0.29) is 18.3 Å². The van der Waals surface area contributed by atoms with Gasteiger partial charge in [0.1, 0.15) is 0 Å². The highest BCUT2D eigenvalue weighted by molar-refractivity contribution is 8.15. The standard InChI is InChI=1S/C15H14N4O5S2/c1-2-12-16-13(24-17-12)8-23-14(20)9-3-4-10-11(7-9)25-15-18-26(21,22)6-5-19(10)15/h3-4,7H,2,5-6,8H2,1H3. The van der Waals surface area contributed by atoms with E-state index in [2.05, 4.69) is 14.5 Å². The molecule has 0 bridgehead atoms. The lowest BCUT2D eigenvalue weighted by Crippen LogP contribution is -2.35. The molecule has 3 heterocycles. The van der Waals surface area contributed by atoms with Gasteiger partial charge in [0.05, 0.1) is 17.0 Å². The van der Waals surface area contributed by atoms with Crippen molar-refractivity contribution in [2.75, 3.05) is 17.2 Å². The van der Waals surface area contributed by atoms with Crippen molar-refractivity contribution in [2.24, 2.45) is 4.40 Å². The Morgan fingerprint density at radius 1 is 1.42 bits per heavy atom. The Hall–Kier alpha value is -2.40. The number of fused-ring (bicyclic) bond motifs is 3. The summed E-state index contributed by atoms with van der Waals surface area (Å²) in [6, 6.07) is 5.07. The van der Waals surface area contributed by atoms with Crippen LogP contribution in [-0.4, -0.2) is 42.0 Å². The number of sulfonamides is 1. The van der Waals surface area contributed by atoms with Gasteiger partial charge in [-0.25, -0.2) is 13.2 Å². The molecule has 0 unspecified atom stereocenters. The summed E-state index contributed by atoms with van der Waals surface area (Å²) in [5, 5.41) is 4.15. The van der Waals surface area contributed by atoms with E-state index in [9.17, 15) is 13.2 Å². The van der Waals surface area contributed by atoms with Gasteiger partial charge in [0, 0.05) is 17.9 Å². The number of amidine groups is 1. The Bertz CT molecular complexity index is 1010. The first-order valence-corrected chi connectivity index (χ1v) is 10.3. The van der Waals surface area contributed by atoms with E-state index in [0.717, 1.165) is 10.6 Å². The number of esters is 1. The van der Waals surface area contributed by atoms with Gasteiger partial charge in [0.25, 0.3) is 15.9 Å². The number of carbonyl (C=O) groups excluding carboxylic acids is 1. The molecule has 0 N–H and O–H groups in total. The minimum Gasteiger partial charge on any atom is -0.452 e. The van der Waals surface area contributed by atoms with Gasteiger partial charge in [0.15, 0.2) is 17.6 Å². The molecule has 0 radical (unpaired) electrons. The van der Waals surface area contributed by atoms with Crippen LogP contribution in [0, 0.1) is 0 Å². The number of aryl methyl sites for hydroxylation is 1. The average molecular weight is 394 g/mol. The molecule has 2 aromatic rings. The minimum absolute atomic E-state index is 0.0236. The molecule has 0 spiro atoms. The molecule has 0 aliphatic carbocycles. The van der Waals surface area contributed by atoms with Crippen LogP contribution in [0.5, 0.6) is 0 Å². The number of anilines is 1. The first-order valence-electron chi connectivity index (χ1n) is 7.86. The molecule has 0 atom stereocenters. The van der Waals surface area contributed by atoms with Gasteiger partial charge in [-0.2, -0.15) is 4.98 Å². The van der Waals surface area contributed by atoms with E-state index in [0.29, 0.717) is 29.5 Å². The molecule has 0 fully saturated rings. The summed E-state index contributed by atoms with van der Waals surface area (Å²) in [7, 11) is -3.41. The first kappa shape index (κ1) is 17.0. The normalized spacial score (nSPS) is 17.4. The van der Waals surface area contributed by atoms with Crippen molar-refractivity contribution in [1.82, 2.24) is 10.1 Å². The van der Waals surface area contributed by atoms with Gasteiger partial charge in [-0.05, 0) is 30.0 Å². The molecule has 0 amide bonds. The molecule has 1 aromatic heterocycles. The monoisotopic (exact) mass is 394 g/mol. The molecule has 0 saturated heterocycles. The number of ether oxygens (including phenoxy) is 1. The fraction of sp³-hybridized carbons (Fsp3) is 0.333. The maximum absolute atomic E-state index is 12.3. The summed E-state index contributed by atoms with van der Waals surface area (Å²) in [4.78, 5) is 18.9. The first-order chi connectivity index (χ1) is 12.4. The molecule has 0 saturated carbocycles. The van der Waals surface area contributed by atoms with Crippen molar-refractivity contribution >= 4 is 38.6 Å². The molecule has 11 heteroatoms. The molecule has 1 aromatic carbocycles. The topological polar surface area (TPSA) is 115 Å².